The van der Waals surface area contributed by atoms with Crippen LogP contribution in [0.2, 0.25) is 5.02 Å². The Hall–Kier alpha value is -1.94. The predicted octanol–water partition coefficient (Wildman–Crippen LogP) is 6.80. The summed E-state index contributed by atoms with van der Waals surface area (Å²) >= 11 is 6.08. The summed E-state index contributed by atoms with van der Waals surface area (Å²) in [4.78, 5) is 7.33. The first-order valence-corrected chi connectivity index (χ1v) is 11.5. The number of hydrogen-bond acceptors (Lipinski definition) is 3. The lowest BCUT2D eigenvalue weighted by molar-refractivity contribution is 0.112. The van der Waals surface area contributed by atoms with E-state index in [1.54, 1.807) is 0 Å². The van der Waals surface area contributed by atoms with Crippen LogP contribution in [0.4, 0.5) is 0 Å². The Morgan fingerprint density at radius 2 is 1.67 bits per heavy atom. The molecule has 0 bridgehead atoms. The maximum atomic E-state index is 11.3. The van der Waals surface area contributed by atoms with E-state index in [4.69, 9.17) is 16.6 Å². The van der Waals surface area contributed by atoms with Crippen molar-refractivity contribution < 1.29 is 5.11 Å². The normalized spacial score (nSPS) is 12.6. The highest BCUT2D eigenvalue weighted by Gasteiger charge is 2.18. The summed E-state index contributed by atoms with van der Waals surface area (Å²) < 4.78 is 0. The second-order valence-corrected chi connectivity index (χ2v) is 8.53. The first-order valence-electron chi connectivity index (χ1n) is 11.1. The lowest BCUT2D eigenvalue weighted by Crippen LogP contribution is -2.31. The number of aromatic nitrogens is 1. The van der Waals surface area contributed by atoms with Gasteiger partial charge in [-0.3, -0.25) is 0 Å². The quantitative estimate of drug-likeness (QED) is 0.388. The molecule has 30 heavy (non-hydrogen) atoms. The fourth-order valence-electron chi connectivity index (χ4n) is 3.86. The summed E-state index contributed by atoms with van der Waals surface area (Å²) in [6.45, 7) is 9.20. The monoisotopic (exact) mass is 424 g/mol. The highest BCUT2D eigenvalue weighted by molar-refractivity contribution is 6.30. The molecule has 0 spiro atoms. The number of para-hydroxylation sites is 1. The van der Waals surface area contributed by atoms with Gasteiger partial charge in [0.05, 0.1) is 17.3 Å². The van der Waals surface area contributed by atoms with Crippen molar-refractivity contribution in [2.75, 3.05) is 19.6 Å². The molecule has 0 radical (unpaired) electrons. The van der Waals surface area contributed by atoms with E-state index in [9.17, 15) is 5.11 Å². The smallest absolute Gasteiger partial charge is 0.0924 e. The summed E-state index contributed by atoms with van der Waals surface area (Å²) in [6.07, 6.45) is 4.08. The van der Waals surface area contributed by atoms with Crippen molar-refractivity contribution in [3.63, 3.8) is 0 Å². The van der Waals surface area contributed by atoms with E-state index < -0.39 is 6.10 Å². The summed E-state index contributed by atoms with van der Waals surface area (Å²) in [5, 5.41) is 13.0. The maximum absolute atomic E-state index is 11.3. The minimum Gasteiger partial charge on any atom is -0.387 e. The summed E-state index contributed by atoms with van der Waals surface area (Å²) in [7, 11) is 0. The average Bonchev–Trinajstić information content (AvgIpc) is 2.75. The Morgan fingerprint density at radius 1 is 1.00 bits per heavy atom. The number of nitrogens with zero attached hydrogens (tertiary/aromatic N) is 2. The standard InChI is InChI=1S/C26H33ClN2O/c1-4-6-15-29(16-7-5-2)18-25(30)23-17-24(20-11-13-21(27)14-12-20)28-26-19(3)9-8-10-22(23)26/h8-14,17,25,30H,4-7,15-16,18H2,1-3H3/t25-/m0/s1. The number of fused-ring (bicyclic) bond motifs is 1. The molecule has 3 aromatic rings. The summed E-state index contributed by atoms with van der Waals surface area (Å²) in [5.74, 6) is 0. The second-order valence-electron chi connectivity index (χ2n) is 8.10. The molecule has 0 aliphatic rings. The topological polar surface area (TPSA) is 36.4 Å². The van der Waals surface area contributed by atoms with Crippen molar-refractivity contribution in [3.8, 4) is 11.3 Å². The van der Waals surface area contributed by atoms with Crippen LogP contribution < -0.4 is 0 Å². The van der Waals surface area contributed by atoms with Crippen molar-refractivity contribution in [2.24, 2.45) is 0 Å². The Morgan fingerprint density at radius 3 is 2.30 bits per heavy atom. The van der Waals surface area contributed by atoms with E-state index in [1.165, 1.54) is 0 Å². The molecule has 1 atom stereocenters. The van der Waals surface area contributed by atoms with Gasteiger partial charge in [0.2, 0.25) is 0 Å². The van der Waals surface area contributed by atoms with Gasteiger partial charge in [-0.1, -0.05) is 68.6 Å². The first kappa shape index (κ1) is 22.7. The predicted molar refractivity (Wildman–Crippen MR) is 128 cm³/mol. The van der Waals surface area contributed by atoms with Crippen LogP contribution in [-0.4, -0.2) is 34.6 Å². The number of benzene rings is 2. The fraction of sp³-hybridized carbons (Fsp3) is 0.423. The number of pyridine rings is 1. The molecule has 3 rings (SSSR count). The number of halogens is 1. The van der Waals surface area contributed by atoms with Crippen LogP contribution >= 0.6 is 11.6 Å². The van der Waals surface area contributed by atoms with Gasteiger partial charge in [-0.15, -0.1) is 0 Å². The van der Waals surface area contributed by atoms with Crippen LogP contribution in [0.5, 0.6) is 0 Å². The van der Waals surface area contributed by atoms with Crippen LogP contribution in [0.15, 0.2) is 48.5 Å². The fourth-order valence-corrected chi connectivity index (χ4v) is 3.99. The number of aryl methyl sites for hydroxylation is 1. The van der Waals surface area contributed by atoms with Gasteiger partial charge in [0, 0.05) is 22.5 Å². The molecule has 4 heteroatoms. The lowest BCUT2D eigenvalue weighted by atomic mass is 9.98. The van der Waals surface area contributed by atoms with Crippen molar-refractivity contribution in [2.45, 2.75) is 52.6 Å². The lowest BCUT2D eigenvalue weighted by Gasteiger charge is -2.26. The van der Waals surface area contributed by atoms with Crippen molar-refractivity contribution in [3.05, 3.63) is 64.7 Å². The van der Waals surface area contributed by atoms with E-state index in [-0.39, 0.29) is 0 Å². The van der Waals surface area contributed by atoms with E-state index in [1.807, 2.05) is 36.4 Å². The van der Waals surface area contributed by atoms with Crippen LogP contribution in [0.1, 0.15) is 56.8 Å². The van der Waals surface area contributed by atoms with Crippen LogP contribution in [0.3, 0.4) is 0 Å². The maximum Gasteiger partial charge on any atom is 0.0924 e. The molecule has 0 saturated heterocycles. The molecule has 160 valence electrons. The average molecular weight is 425 g/mol. The highest BCUT2D eigenvalue weighted by Crippen LogP contribution is 2.31. The SMILES string of the molecule is CCCCN(CCCC)C[C@H](O)c1cc(-c2ccc(Cl)cc2)nc2c(C)cccc12. The zero-order chi connectivity index (χ0) is 21.5. The van der Waals surface area contributed by atoms with Gasteiger partial charge < -0.3 is 10.0 Å². The van der Waals surface area contributed by atoms with Gasteiger partial charge in [-0.05, 0) is 62.2 Å². The molecule has 0 saturated carbocycles. The Bertz CT molecular complexity index is 947. The molecule has 1 aromatic heterocycles. The molecule has 0 unspecified atom stereocenters. The van der Waals surface area contributed by atoms with Crippen LogP contribution in [0, 0.1) is 6.92 Å². The molecule has 1 N–H and O–H groups in total. The van der Waals surface area contributed by atoms with Gasteiger partial charge >= 0.3 is 0 Å². The van der Waals surface area contributed by atoms with Gasteiger partial charge in [-0.25, -0.2) is 4.98 Å². The molecule has 0 amide bonds. The van der Waals surface area contributed by atoms with Crippen molar-refractivity contribution >= 4 is 22.5 Å². The molecule has 2 aromatic carbocycles. The van der Waals surface area contributed by atoms with E-state index in [0.717, 1.165) is 72.1 Å². The summed E-state index contributed by atoms with van der Waals surface area (Å²) in [5.41, 5.74) is 4.90. The molecule has 3 nitrogen and oxygen atoms in total. The van der Waals surface area contributed by atoms with E-state index in [2.05, 4.69) is 37.8 Å². The van der Waals surface area contributed by atoms with Crippen LogP contribution in [0.25, 0.3) is 22.2 Å². The Kier molecular flexibility index (Phi) is 8.26. The molecular formula is C26H33ClN2O. The second kappa shape index (κ2) is 10.9. The molecule has 0 fully saturated rings. The number of hydrogen-bond donors (Lipinski definition) is 1. The number of aliphatic hydroxyl groups excluding tert-OH is 1. The minimum atomic E-state index is -0.558. The van der Waals surface area contributed by atoms with Crippen LogP contribution in [-0.2, 0) is 0 Å². The third kappa shape index (κ3) is 5.60. The van der Waals surface area contributed by atoms with Gasteiger partial charge in [0.15, 0.2) is 0 Å². The third-order valence-electron chi connectivity index (χ3n) is 5.66. The Labute approximate surface area is 185 Å². The number of rotatable bonds is 10. The van der Waals surface area contributed by atoms with Gasteiger partial charge in [0.25, 0.3) is 0 Å². The van der Waals surface area contributed by atoms with Gasteiger partial charge in [0.1, 0.15) is 0 Å². The molecule has 0 aliphatic carbocycles. The molecule has 1 heterocycles. The van der Waals surface area contributed by atoms with E-state index >= 15 is 0 Å². The molecular weight excluding hydrogens is 392 g/mol. The summed E-state index contributed by atoms with van der Waals surface area (Å²) in [6, 6.07) is 16.0. The minimum absolute atomic E-state index is 0.558. The van der Waals surface area contributed by atoms with Crippen molar-refractivity contribution in [1.29, 1.82) is 0 Å². The first-order chi connectivity index (χ1) is 14.5. The van der Waals surface area contributed by atoms with Gasteiger partial charge in [-0.2, -0.15) is 0 Å². The number of unbranched alkanes of at least 4 members (excludes halogenated alkanes) is 2. The Balaban J connectivity index is 2.00. The largest absolute Gasteiger partial charge is 0.387 e. The zero-order valence-corrected chi connectivity index (χ0v) is 19.1. The zero-order valence-electron chi connectivity index (χ0n) is 18.4. The highest BCUT2D eigenvalue weighted by atomic mass is 35.5. The van der Waals surface area contributed by atoms with E-state index in [0.29, 0.717) is 11.6 Å². The van der Waals surface area contributed by atoms with Crippen molar-refractivity contribution in [1.82, 2.24) is 9.88 Å². The number of aliphatic hydroxyl groups is 1. The third-order valence-corrected chi connectivity index (χ3v) is 5.91. The molecule has 0 aliphatic heterocycles.